The first kappa shape index (κ1) is 17.8. The zero-order valence-corrected chi connectivity index (χ0v) is 14.9. The van der Waals surface area contributed by atoms with Crippen molar-refractivity contribution in [3.63, 3.8) is 0 Å². The van der Waals surface area contributed by atoms with Gasteiger partial charge in [0.05, 0.1) is 5.52 Å². The standard InChI is InChI=1S/C18H21N3O3.ClH/c1-11-2-3-12-15(20-8-6-19-7-9-20)5-4-13-16(12)21(11)10-14(17(13)22)18(23)24;/h4-5,10-11,19H,2-3,6-9H2,1H3,(H,23,24);1H. The Morgan fingerprint density at radius 1 is 1.28 bits per heavy atom. The lowest BCUT2D eigenvalue weighted by Gasteiger charge is -2.34. The second-order valence-corrected chi connectivity index (χ2v) is 6.67. The number of halogens is 1. The number of aryl methyl sites for hydroxylation is 1. The molecule has 134 valence electrons. The van der Waals surface area contributed by atoms with Crippen LogP contribution < -0.4 is 15.6 Å². The Balaban J connectivity index is 0.00000182. The second kappa shape index (κ2) is 6.69. The average Bonchev–Trinajstić information content (AvgIpc) is 2.59. The fraction of sp³-hybridized carbons (Fsp3) is 0.444. The minimum absolute atomic E-state index is 0. The van der Waals surface area contributed by atoms with Crippen LogP contribution in [0.2, 0.25) is 0 Å². The van der Waals surface area contributed by atoms with Crippen molar-refractivity contribution in [1.82, 2.24) is 9.88 Å². The van der Waals surface area contributed by atoms with E-state index in [1.807, 2.05) is 10.6 Å². The molecular weight excluding hydrogens is 342 g/mol. The lowest BCUT2D eigenvalue weighted by atomic mass is 9.94. The van der Waals surface area contributed by atoms with E-state index in [0.717, 1.165) is 44.5 Å². The Morgan fingerprint density at radius 2 is 2.00 bits per heavy atom. The van der Waals surface area contributed by atoms with Gasteiger partial charge in [0.1, 0.15) is 5.56 Å². The normalized spacial score (nSPS) is 19.6. The zero-order chi connectivity index (χ0) is 16.8. The molecule has 6 nitrogen and oxygen atoms in total. The average molecular weight is 364 g/mol. The van der Waals surface area contributed by atoms with Crippen molar-refractivity contribution in [1.29, 1.82) is 0 Å². The Morgan fingerprint density at radius 3 is 2.68 bits per heavy atom. The van der Waals surface area contributed by atoms with E-state index in [1.54, 1.807) is 6.07 Å². The smallest absolute Gasteiger partial charge is 0.341 e. The summed E-state index contributed by atoms with van der Waals surface area (Å²) in [7, 11) is 0. The van der Waals surface area contributed by atoms with Crippen LogP contribution in [0.4, 0.5) is 5.69 Å². The molecule has 4 rings (SSSR count). The molecular formula is C18H22ClN3O3. The van der Waals surface area contributed by atoms with Crippen LogP contribution >= 0.6 is 12.4 Å². The second-order valence-electron chi connectivity index (χ2n) is 6.67. The van der Waals surface area contributed by atoms with E-state index in [1.165, 1.54) is 17.4 Å². The molecule has 3 heterocycles. The summed E-state index contributed by atoms with van der Waals surface area (Å²) < 4.78 is 1.99. The number of carboxylic acid groups (broad SMARTS) is 1. The predicted molar refractivity (Wildman–Crippen MR) is 101 cm³/mol. The summed E-state index contributed by atoms with van der Waals surface area (Å²) in [5.74, 6) is -1.16. The van der Waals surface area contributed by atoms with Crippen LogP contribution in [0.1, 0.15) is 35.3 Å². The number of hydrogen-bond donors (Lipinski definition) is 2. The van der Waals surface area contributed by atoms with Crippen LogP contribution in [0.15, 0.2) is 23.1 Å². The lowest BCUT2D eigenvalue weighted by Crippen LogP contribution is -2.44. The fourth-order valence-corrected chi connectivity index (χ4v) is 3.95. The van der Waals surface area contributed by atoms with E-state index in [2.05, 4.69) is 17.1 Å². The highest BCUT2D eigenvalue weighted by Gasteiger charge is 2.26. The van der Waals surface area contributed by atoms with Crippen LogP contribution in [0.5, 0.6) is 0 Å². The van der Waals surface area contributed by atoms with Crippen molar-refractivity contribution in [2.24, 2.45) is 0 Å². The summed E-state index contributed by atoms with van der Waals surface area (Å²) in [5.41, 5.74) is 2.77. The zero-order valence-electron chi connectivity index (χ0n) is 14.1. The van der Waals surface area contributed by atoms with Crippen molar-refractivity contribution in [3.05, 3.63) is 39.7 Å². The van der Waals surface area contributed by atoms with Gasteiger partial charge >= 0.3 is 5.97 Å². The van der Waals surface area contributed by atoms with Gasteiger partial charge < -0.3 is 19.9 Å². The maximum atomic E-state index is 12.6. The van der Waals surface area contributed by atoms with Crippen LogP contribution in [-0.4, -0.2) is 41.8 Å². The number of aromatic nitrogens is 1. The molecule has 1 saturated heterocycles. The van der Waals surface area contributed by atoms with Gasteiger partial charge in [-0.25, -0.2) is 4.79 Å². The Kier molecular flexibility index (Phi) is 4.75. The number of rotatable bonds is 2. The first-order valence-corrected chi connectivity index (χ1v) is 8.47. The van der Waals surface area contributed by atoms with Crippen LogP contribution in [-0.2, 0) is 6.42 Å². The van der Waals surface area contributed by atoms with Gasteiger partial charge in [-0.1, -0.05) is 0 Å². The number of benzene rings is 1. The highest BCUT2D eigenvalue weighted by Crippen LogP contribution is 2.36. The van der Waals surface area contributed by atoms with Gasteiger partial charge in [0.2, 0.25) is 5.43 Å². The maximum Gasteiger partial charge on any atom is 0.341 e. The molecule has 0 amide bonds. The number of nitrogens with one attached hydrogen (secondary N) is 1. The molecule has 0 radical (unpaired) electrons. The molecule has 1 aromatic heterocycles. The molecule has 0 saturated carbocycles. The molecule has 1 aromatic carbocycles. The largest absolute Gasteiger partial charge is 0.477 e. The summed E-state index contributed by atoms with van der Waals surface area (Å²) in [6.07, 6.45) is 3.40. The minimum atomic E-state index is -1.16. The summed E-state index contributed by atoms with van der Waals surface area (Å²) in [4.78, 5) is 26.4. The van der Waals surface area contributed by atoms with E-state index < -0.39 is 5.97 Å². The molecule has 2 N–H and O–H groups in total. The van der Waals surface area contributed by atoms with E-state index in [9.17, 15) is 14.7 Å². The minimum Gasteiger partial charge on any atom is -0.477 e. The summed E-state index contributed by atoms with van der Waals surface area (Å²) in [5, 5.41) is 13.2. The number of carbonyl (C=O) groups is 1. The van der Waals surface area contributed by atoms with Gasteiger partial charge in [-0.2, -0.15) is 0 Å². The Labute approximate surface area is 151 Å². The highest BCUT2D eigenvalue weighted by atomic mass is 35.5. The third kappa shape index (κ3) is 2.79. The fourth-order valence-electron chi connectivity index (χ4n) is 3.95. The topological polar surface area (TPSA) is 74.6 Å². The number of carboxylic acids is 1. The number of hydrogen-bond acceptors (Lipinski definition) is 4. The number of pyridine rings is 1. The van der Waals surface area contributed by atoms with Crippen LogP contribution in [0, 0.1) is 0 Å². The van der Waals surface area contributed by atoms with Gasteiger partial charge in [0, 0.05) is 49.5 Å². The van der Waals surface area contributed by atoms with Gasteiger partial charge in [0.25, 0.3) is 0 Å². The molecule has 7 heteroatoms. The number of aromatic carboxylic acids is 1. The number of piperazine rings is 1. The molecule has 1 unspecified atom stereocenters. The first-order chi connectivity index (χ1) is 11.6. The number of nitrogens with zero attached hydrogens (tertiary/aromatic N) is 2. The Hall–Kier alpha value is -2.05. The lowest BCUT2D eigenvalue weighted by molar-refractivity contribution is 0.0694. The molecule has 2 aliphatic heterocycles. The predicted octanol–water partition coefficient (Wildman–Crippen LogP) is 2.04. The summed E-state index contributed by atoms with van der Waals surface area (Å²) in [6, 6.07) is 3.99. The van der Waals surface area contributed by atoms with E-state index in [-0.39, 0.29) is 29.4 Å². The van der Waals surface area contributed by atoms with Crippen LogP contribution in [0.3, 0.4) is 0 Å². The third-order valence-corrected chi connectivity index (χ3v) is 5.25. The maximum absolute atomic E-state index is 12.6. The molecule has 2 aliphatic rings. The third-order valence-electron chi connectivity index (χ3n) is 5.25. The molecule has 1 atom stereocenters. The monoisotopic (exact) mass is 363 g/mol. The highest BCUT2D eigenvalue weighted by molar-refractivity contribution is 5.95. The summed E-state index contributed by atoms with van der Waals surface area (Å²) >= 11 is 0. The van der Waals surface area contributed by atoms with Crippen LogP contribution in [0.25, 0.3) is 10.9 Å². The molecule has 0 aliphatic carbocycles. The van der Waals surface area contributed by atoms with Crippen molar-refractivity contribution in [2.45, 2.75) is 25.8 Å². The van der Waals surface area contributed by atoms with Crippen molar-refractivity contribution in [2.75, 3.05) is 31.1 Å². The SMILES string of the molecule is CC1CCc2c(N3CCNCC3)ccc3c(=O)c(C(=O)O)cn1c23.Cl. The van der Waals surface area contributed by atoms with Gasteiger partial charge in [-0.15, -0.1) is 12.4 Å². The van der Waals surface area contributed by atoms with E-state index >= 15 is 0 Å². The van der Waals surface area contributed by atoms with Gasteiger partial charge in [-0.3, -0.25) is 4.79 Å². The first-order valence-electron chi connectivity index (χ1n) is 8.47. The molecule has 0 spiro atoms. The van der Waals surface area contributed by atoms with E-state index in [4.69, 9.17) is 0 Å². The molecule has 25 heavy (non-hydrogen) atoms. The van der Waals surface area contributed by atoms with Crippen molar-refractivity contribution in [3.8, 4) is 0 Å². The molecule has 0 bridgehead atoms. The Bertz CT molecular complexity index is 887. The van der Waals surface area contributed by atoms with Crippen molar-refractivity contribution >= 4 is 35.0 Å². The molecule has 1 fully saturated rings. The summed E-state index contributed by atoms with van der Waals surface area (Å²) in [6.45, 7) is 5.89. The van der Waals surface area contributed by atoms with Crippen molar-refractivity contribution < 1.29 is 9.90 Å². The van der Waals surface area contributed by atoms with Gasteiger partial charge in [-0.05, 0) is 37.5 Å². The number of anilines is 1. The van der Waals surface area contributed by atoms with Gasteiger partial charge in [0.15, 0.2) is 0 Å². The van der Waals surface area contributed by atoms with E-state index in [0.29, 0.717) is 5.39 Å². The quantitative estimate of drug-likeness (QED) is 0.854. The molecule has 2 aromatic rings.